The molecule has 0 amide bonds. The third-order valence-corrected chi connectivity index (χ3v) is 14.6. The second kappa shape index (κ2) is 27.9. The second-order valence-electron chi connectivity index (χ2n) is 14.3. The lowest BCUT2D eigenvalue weighted by Crippen LogP contribution is -2.33. The van der Waals surface area contributed by atoms with Crippen LogP contribution in [0.4, 0.5) is 39.5 Å². The summed E-state index contributed by atoms with van der Waals surface area (Å²) in [6.45, 7) is 11.2. The molecule has 2 saturated heterocycles. The summed E-state index contributed by atoms with van der Waals surface area (Å²) in [7, 11) is -10.5. The molecule has 0 saturated carbocycles. The van der Waals surface area contributed by atoms with Gasteiger partial charge in [-0.3, -0.25) is 14.5 Å². The van der Waals surface area contributed by atoms with Gasteiger partial charge in [0.2, 0.25) is 0 Å². The maximum Gasteiger partial charge on any atom is 0.501 e. The number of halogens is 12. The molecule has 0 aromatic heterocycles. The molecule has 3 aromatic rings. The van der Waals surface area contributed by atoms with Crippen molar-refractivity contribution in [1.29, 1.82) is 0 Å². The number of benzene rings is 3. The number of nitrogens with zero attached hydrogens (tertiary/aromatic N) is 1. The predicted molar refractivity (Wildman–Crippen MR) is 243 cm³/mol. The predicted octanol–water partition coefficient (Wildman–Crippen LogP) is 12.0. The first-order valence-corrected chi connectivity index (χ1v) is 25.3. The van der Waals surface area contributed by atoms with Crippen LogP contribution in [-0.2, 0) is 46.5 Å². The Morgan fingerprint density at radius 2 is 0.985 bits per heavy atom. The van der Waals surface area contributed by atoms with Crippen molar-refractivity contribution in [3.05, 3.63) is 115 Å². The van der Waals surface area contributed by atoms with Gasteiger partial charge in [-0.05, 0) is 141 Å². The molecule has 0 spiro atoms. The number of carbonyl (C=O) groups excluding carboxylic acids is 2. The number of hydrogen-bond donors (Lipinski definition) is 1. The van der Waals surface area contributed by atoms with Gasteiger partial charge in [-0.1, -0.05) is 81.4 Å². The molecule has 23 heteroatoms. The van der Waals surface area contributed by atoms with E-state index in [1.54, 1.807) is 12.1 Å². The van der Waals surface area contributed by atoms with Gasteiger partial charge >= 0.3 is 16.5 Å². The highest BCUT2D eigenvalue weighted by Gasteiger charge is 2.47. The first-order chi connectivity index (χ1) is 29.8. The third kappa shape index (κ3) is 21.4. The van der Waals surface area contributed by atoms with E-state index in [9.17, 15) is 65.9 Å². The summed E-state index contributed by atoms with van der Waals surface area (Å²) in [6, 6.07) is 15.6. The normalized spacial score (nSPS) is 15.3. The standard InChI is InChI=1S/C17H20F3NO3S.C9H15NO.C8H6BrF3O2S.C8H6BrF3S.ClH/c1-2-15(22)11-13-7-9-21(10-8-13)12-14-3-5-16(6-4-14)25(23,24)17(18,19)20;1-2-9(11)7-8-3-5-10-6-4-8;9-5-6-1-3-7(4-2-6)15(13,14)8(10,11)12;9-5-6-1-3-7(4-2-6)13-8(10,11)12;/h2-6,13H,1,7-12H2;2,8,10H,1,3-7H2;1-4H,5H2;1-4H,5H2;1H. The van der Waals surface area contributed by atoms with Crippen LogP contribution in [0.15, 0.2) is 113 Å². The van der Waals surface area contributed by atoms with Gasteiger partial charge in [0.1, 0.15) is 0 Å². The Kier molecular flexibility index (Phi) is 25.9. The Balaban J connectivity index is 0.000000456. The van der Waals surface area contributed by atoms with Gasteiger partial charge in [0.05, 0.1) is 9.79 Å². The summed E-state index contributed by atoms with van der Waals surface area (Å²) in [5.41, 5.74) is -12.3. The van der Waals surface area contributed by atoms with Gasteiger partial charge in [0, 0.05) is 34.9 Å². The Hall–Kier alpha value is -2.73. The van der Waals surface area contributed by atoms with Crippen LogP contribution < -0.4 is 5.32 Å². The first kappa shape index (κ1) is 60.3. The summed E-state index contributed by atoms with van der Waals surface area (Å²) in [4.78, 5) is 23.2. The Bertz CT molecular complexity index is 2170. The average Bonchev–Trinajstić information content (AvgIpc) is 3.24. The number of hydrogen-bond acceptors (Lipinski definition) is 9. The van der Waals surface area contributed by atoms with Crippen molar-refractivity contribution < 1.29 is 65.9 Å². The van der Waals surface area contributed by atoms with Crippen LogP contribution in [0.2, 0.25) is 0 Å². The van der Waals surface area contributed by atoms with Gasteiger partial charge in [-0.2, -0.15) is 39.5 Å². The fraction of sp³-hybridized carbons (Fsp3) is 0.429. The van der Waals surface area contributed by atoms with Crippen LogP contribution in [0.25, 0.3) is 0 Å². The Morgan fingerprint density at radius 3 is 1.32 bits per heavy atom. The zero-order chi connectivity index (χ0) is 48.4. The Labute approximate surface area is 400 Å². The minimum Gasteiger partial charge on any atom is -0.317 e. The summed E-state index contributed by atoms with van der Waals surface area (Å²) < 4.78 is 154. The number of thioether (sulfide) groups is 1. The lowest BCUT2D eigenvalue weighted by Gasteiger charge is -2.31. The molecule has 8 nitrogen and oxygen atoms in total. The number of nitrogens with one attached hydrogen (secondary N) is 1. The van der Waals surface area contributed by atoms with Crippen LogP contribution in [0, 0.1) is 11.8 Å². The largest absolute Gasteiger partial charge is 0.501 e. The zero-order valence-corrected chi connectivity index (χ0v) is 41.0. The quantitative estimate of drug-likeness (QED) is 0.0773. The van der Waals surface area contributed by atoms with Gasteiger partial charge in [0.25, 0.3) is 19.7 Å². The van der Waals surface area contributed by atoms with E-state index in [0.29, 0.717) is 47.4 Å². The van der Waals surface area contributed by atoms with Crippen molar-refractivity contribution in [2.45, 2.75) is 86.9 Å². The van der Waals surface area contributed by atoms with E-state index in [1.807, 2.05) is 0 Å². The summed E-state index contributed by atoms with van der Waals surface area (Å²) in [5, 5.41) is 4.38. The summed E-state index contributed by atoms with van der Waals surface area (Å²) in [6.07, 6.45) is 8.00. The average molecular weight is 1140 g/mol. The van der Waals surface area contributed by atoms with Crippen LogP contribution in [0.3, 0.4) is 0 Å². The molecule has 0 aliphatic carbocycles. The molecule has 2 heterocycles. The number of piperidine rings is 2. The second-order valence-corrected chi connectivity index (χ2v) is 20.4. The molecule has 0 bridgehead atoms. The van der Waals surface area contributed by atoms with Crippen molar-refractivity contribution in [1.82, 2.24) is 10.2 Å². The molecule has 2 aliphatic heterocycles. The topological polar surface area (TPSA) is 118 Å². The molecule has 0 unspecified atom stereocenters. The number of likely N-dealkylation sites (tertiary alicyclic amines) is 1. The molecule has 5 rings (SSSR count). The minimum absolute atomic E-state index is 0. The molecular formula is C42H48Br2ClF9N2O6S3. The van der Waals surface area contributed by atoms with Gasteiger partial charge in [-0.25, -0.2) is 16.8 Å². The number of carbonyl (C=O) groups is 2. The zero-order valence-electron chi connectivity index (χ0n) is 34.5. The van der Waals surface area contributed by atoms with E-state index in [-0.39, 0.29) is 40.6 Å². The first-order valence-electron chi connectivity index (χ1n) is 19.3. The highest BCUT2D eigenvalue weighted by Crippen LogP contribution is 2.37. The maximum atomic E-state index is 12.5. The van der Waals surface area contributed by atoms with E-state index in [4.69, 9.17) is 0 Å². The van der Waals surface area contributed by atoms with Crippen molar-refractivity contribution in [3.63, 3.8) is 0 Å². The van der Waals surface area contributed by atoms with Gasteiger partial charge < -0.3 is 5.32 Å². The fourth-order valence-corrected chi connectivity index (χ4v) is 8.82. The molecule has 65 heavy (non-hydrogen) atoms. The lowest BCUT2D eigenvalue weighted by molar-refractivity contribution is -0.116. The fourth-order valence-electron chi connectivity index (χ4n) is 6.01. The van der Waals surface area contributed by atoms with Gasteiger partial charge in [0.15, 0.2) is 11.6 Å². The third-order valence-electron chi connectivity index (χ3n) is 9.55. The number of sulfone groups is 2. The van der Waals surface area contributed by atoms with E-state index in [0.717, 1.165) is 87.3 Å². The number of ketones is 2. The van der Waals surface area contributed by atoms with E-state index in [1.165, 1.54) is 48.6 Å². The molecule has 0 atom stereocenters. The van der Waals surface area contributed by atoms with Crippen molar-refractivity contribution >= 4 is 87.3 Å². The van der Waals surface area contributed by atoms with Gasteiger partial charge in [-0.15, -0.1) is 12.4 Å². The lowest BCUT2D eigenvalue weighted by atomic mass is 9.91. The molecule has 3 aromatic carbocycles. The molecule has 1 N–H and O–H groups in total. The van der Waals surface area contributed by atoms with E-state index in [2.05, 4.69) is 55.2 Å². The Morgan fingerprint density at radius 1 is 0.631 bits per heavy atom. The van der Waals surface area contributed by atoms with E-state index < -0.39 is 46.0 Å². The van der Waals surface area contributed by atoms with Crippen LogP contribution in [-0.4, -0.2) is 76.0 Å². The SMILES string of the molecule is C=CC(=O)CC1CCN(Cc2ccc(S(=O)(=O)C(F)(F)F)cc2)CC1.C=CC(=O)CC1CCNCC1.Cl.FC(F)(F)Sc1ccc(CBr)cc1.O=S(=O)(c1ccc(CBr)cc1)C(F)(F)F. The molecule has 2 aliphatic rings. The smallest absolute Gasteiger partial charge is 0.317 e. The summed E-state index contributed by atoms with van der Waals surface area (Å²) >= 11 is 6.22. The molecule has 0 radical (unpaired) electrons. The molecular weight excluding hydrogens is 1090 g/mol. The molecule has 2 fully saturated rings. The summed E-state index contributed by atoms with van der Waals surface area (Å²) in [5.74, 6) is 1.17. The van der Waals surface area contributed by atoms with Crippen molar-refractivity contribution in [2.75, 3.05) is 26.2 Å². The van der Waals surface area contributed by atoms with Crippen molar-refractivity contribution in [2.24, 2.45) is 11.8 Å². The highest BCUT2D eigenvalue weighted by atomic mass is 79.9. The molecule has 364 valence electrons. The number of rotatable bonds is 13. The minimum atomic E-state index is -5.30. The van der Waals surface area contributed by atoms with E-state index >= 15 is 0 Å². The maximum absolute atomic E-state index is 12.5. The van der Waals surface area contributed by atoms with Crippen LogP contribution in [0.5, 0.6) is 0 Å². The van der Waals surface area contributed by atoms with Crippen molar-refractivity contribution in [3.8, 4) is 0 Å². The van der Waals surface area contributed by atoms with Crippen LogP contribution >= 0.6 is 56.0 Å². The highest BCUT2D eigenvalue weighted by molar-refractivity contribution is 9.08. The number of alkyl halides is 11. The van der Waals surface area contributed by atoms with Crippen LogP contribution in [0.1, 0.15) is 55.2 Å². The number of allylic oxidation sites excluding steroid dienone is 2. The monoisotopic (exact) mass is 1140 g/mol.